The van der Waals surface area contributed by atoms with Gasteiger partial charge in [-0.3, -0.25) is 4.90 Å². The number of benzene rings is 1. The maximum Gasteiger partial charge on any atom is 0.138 e. The first-order valence-electron chi connectivity index (χ1n) is 10.1. The highest BCUT2D eigenvalue weighted by molar-refractivity contribution is 8.01. The van der Waals surface area contributed by atoms with E-state index in [4.69, 9.17) is 9.73 Å². The summed E-state index contributed by atoms with van der Waals surface area (Å²) in [6.07, 6.45) is 3.38. The molecule has 8 heteroatoms. The van der Waals surface area contributed by atoms with Crippen LogP contribution in [0.4, 0.5) is 5.69 Å². The number of methoxy groups -OCH3 is 1. The van der Waals surface area contributed by atoms with E-state index in [0.717, 1.165) is 50.6 Å². The minimum atomic E-state index is 0. The van der Waals surface area contributed by atoms with Crippen LogP contribution in [0.1, 0.15) is 30.2 Å². The van der Waals surface area contributed by atoms with Crippen LogP contribution in [0.25, 0.3) is 0 Å². The predicted molar refractivity (Wildman–Crippen MR) is 134 cm³/mol. The average molecular weight is 489 g/mol. The Labute approximate surface area is 200 Å². The summed E-state index contributed by atoms with van der Waals surface area (Å²) in [4.78, 5) is 12.9. The van der Waals surface area contributed by atoms with E-state index in [0.29, 0.717) is 6.04 Å². The summed E-state index contributed by atoms with van der Waals surface area (Å²) in [5, 5.41) is 0. The van der Waals surface area contributed by atoms with E-state index in [-0.39, 0.29) is 24.8 Å². The number of halogens is 2. The Morgan fingerprint density at radius 3 is 2.77 bits per heavy atom. The Morgan fingerprint density at radius 1 is 1.20 bits per heavy atom. The second-order valence-corrected chi connectivity index (χ2v) is 9.98. The summed E-state index contributed by atoms with van der Waals surface area (Å²) in [6.45, 7) is 6.14. The third-order valence-electron chi connectivity index (χ3n) is 5.51. The van der Waals surface area contributed by atoms with Crippen molar-refractivity contribution in [2.75, 3.05) is 40.4 Å². The SMILES string of the molecule is CCCc1cc2c(s1)Sc1ccccc1N=C2N1CCN(C)C(CCOC)C1.Cl.Cl. The highest BCUT2D eigenvalue weighted by atomic mass is 35.5. The first-order valence-corrected chi connectivity index (χ1v) is 11.8. The monoisotopic (exact) mass is 487 g/mol. The summed E-state index contributed by atoms with van der Waals surface area (Å²) in [7, 11) is 4.02. The van der Waals surface area contributed by atoms with Gasteiger partial charge in [-0.2, -0.15) is 0 Å². The van der Waals surface area contributed by atoms with Gasteiger partial charge in [-0.25, -0.2) is 4.99 Å². The summed E-state index contributed by atoms with van der Waals surface area (Å²) in [6, 6.07) is 11.4. The van der Waals surface area contributed by atoms with E-state index in [1.165, 1.54) is 26.0 Å². The van der Waals surface area contributed by atoms with Crippen molar-refractivity contribution in [1.29, 1.82) is 0 Å². The van der Waals surface area contributed by atoms with E-state index in [2.05, 4.69) is 54.1 Å². The molecular weight excluding hydrogens is 457 g/mol. The lowest BCUT2D eigenvalue weighted by Crippen LogP contribution is -2.53. The van der Waals surface area contributed by atoms with E-state index in [1.807, 2.05) is 23.1 Å². The molecule has 4 nitrogen and oxygen atoms in total. The van der Waals surface area contributed by atoms with Gasteiger partial charge in [-0.05, 0) is 38.1 Å². The van der Waals surface area contributed by atoms with Gasteiger partial charge < -0.3 is 9.64 Å². The number of piperazine rings is 1. The van der Waals surface area contributed by atoms with Gasteiger partial charge in [-0.15, -0.1) is 36.2 Å². The third kappa shape index (κ3) is 5.53. The fraction of sp³-hybridized carbons (Fsp3) is 0.500. The van der Waals surface area contributed by atoms with Crippen molar-refractivity contribution in [2.24, 2.45) is 4.99 Å². The van der Waals surface area contributed by atoms with Crippen LogP contribution in [0.5, 0.6) is 0 Å². The molecule has 166 valence electrons. The zero-order chi connectivity index (χ0) is 19.5. The largest absolute Gasteiger partial charge is 0.385 e. The Morgan fingerprint density at radius 2 is 2.00 bits per heavy atom. The molecule has 1 atom stereocenters. The highest BCUT2D eigenvalue weighted by Crippen LogP contribution is 2.44. The van der Waals surface area contributed by atoms with Gasteiger partial charge in [0.15, 0.2) is 0 Å². The van der Waals surface area contributed by atoms with Gasteiger partial charge in [0.2, 0.25) is 0 Å². The van der Waals surface area contributed by atoms with Crippen molar-refractivity contribution >= 4 is 59.4 Å². The number of ether oxygens (including phenoxy) is 1. The van der Waals surface area contributed by atoms with Gasteiger partial charge in [0.05, 0.1) is 9.90 Å². The Balaban J connectivity index is 0.00000160. The van der Waals surface area contributed by atoms with Crippen molar-refractivity contribution < 1.29 is 4.74 Å². The number of para-hydroxylation sites is 1. The van der Waals surface area contributed by atoms with Gasteiger partial charge in [0.1, 0.15) is 5.84 Å². The molecule has 3 heterocycles. The van der Waals surface area contributed by atoms with Crippen LogP contribution in [0.2, 0.25) is 0 Å². The van der Waals surface area contributed by atoms with Gasteiger partial charge in [0.25, 0.3) is 0 Å². The minimum absolute atomic E-state index is 0. The number of rotatable bonds is 5. The number of nitrogens with zero attached hydrogens (tertiary/aromatic N) is 3. The summed E-state index contributed by atoms with van der Waals surface area (Å²) in [5.74, 6) is 1.15. The maximum atomic E-state index is 5.35. The van der Waals surface area contributed by atoms with Crippen LogP contribution in [-0.2, 0) is 11.2 Å². The zero-order valence-corrected chi connectivity index (χ0v) is 21.1. The van der Waals surface area contributed by atoms with Crippen LogP contribution in [0, 0.1) is 0 Å². The molecule has 1 saturated heterocycles. The fourth-order valence-corrected chi connectivity index (χ4v) is 6.44. The fourth-order valence-electron chi connectivity index (χ4n) is 3.88. The van der Waals surface area contributed by atoms with E-state index in [9.17, 15) is 0 Å². The average Bonchev–Trinajstić information content (AvgIpc) is 3.02. The van der Waals surface area contributed by atoms with Gasteiger partial charge in [0, 0.05) is 54.7 Å². The zero-order valence-electron chi connectivity index (χ0n) is 17.8. The number of hydrogen-bond donors (Lipinski definition) is 0. The summed E-state index contributed by atoms with van der Waals surface area (Å²) >= 11 is 3.82. The van der Waals surface area contributed by atoms with E-state index >= 15 is 0 Å². The van der Waals surface area contributed by atoms with E-state index < -0.39 is 0 Å². The molecule has 1 aromatic carbocycles. The number of fused-ring (bicyclic) bond motifs is 2. The van der Waals surface area contributed by atoms with E-state index in [1.54, 1.807) is 7.11 Å². The molecule has 0 amide bonds. The van der Waals surface area contributed by atoms with Crippen molar-refractivity contribution in [2.45, 2.75) is 41.3 Å². The number of likely N-dealkylation sites (N-methyl/N-ethyl adjacent to an activating group) is 1. The van der Waals surface area contributed by atoms with Crippen LogP contribution in [0.15, 0.2) is 44.4 Å². The Bertz CT molecular complexity index is 859. The number of thiophene rings is 1. The number of aliphatic imine (C=N–C) groups is 1. The maximum absolute atomic E-state index is 5.35. The molecule has 1 fully saturated rings. The highest BCUT2D eigenvalue weighted by Gasteiger charge is 2.30. The topological polar surface area (TPSA) is 28.1 Å². The molecule has 2 aliphatic heterocycles. The molecule has 2 aromatic rings. The first-order chi connectivity index (χ1) is 13.7. The first kappa shape index (κ1) is 25.5. The quantitative estimate of drug-likeness (QED) is 0.537. The molecule has 0 radical (unpaired) electrons. The molecule has 0 bridgehead atoms. The van der Waals surface area contributed by atoms with Crippen molar-refractivity contribution in [3.05, 3.63) is 40.8 Å². The predicted octanol–water partition coefficient (Wildman–Crippen LogP) is 5.74. The molecule has 4 rings (SSSR count). The molecule has 0 aliphatic carbocycles. The third-order valence-corrected chi connectivity index (χ3v) is 7.97. The van der Waals surface area contributed by atoms with Crippen LogP contribution in [-0.4, -0.2) is 62.1 Å². The van der Waals surface area contributed by atoms with Crippen LogP contribution < -0.4 is 0 Å². The molecule has 0 saturated carbocycles. The number of aryl methyl sites for hydroxylation is 1. The Hall–Kier alpha value is -0.760. The molecule has 30 heavy (non-hydrogen) atoms. The van der Waals surface area contributed by atoms with Crippen molar-refractivity contribution in [3.63, 3.8) is 0 Å². The number of hydrogen-bond acceptors (Lipinski definition) is 6. The van der Waals surface area contributed by atoms with Crippen molar-refractivity contribution in [1.82, 2.24) is 9.80 Å². The van der Waals surface area contributed by atoms with Gasteiger partial charge in [-0.1, -0.05) is 37.2 Å². The normalized spacial score (nSPS) is 18.4. The second-order valence-electron chi connectivity index (χ2n) is 7.53. The molecular formula is C22H31Cl2N3OS2. The van der Waals surface area contributed by atoms with Gasteiger partial charge >= 0.3 is 0 Å². The molecule has 0 N–H and O–H groups in total. The Kier molecular flexibility index (Phi) is 9.98. The minimum Gasteiger partial charge on any atom is -0.385 e. The summed E-state index contributed by atoms with van der Waals surface area (Å²) < 4.78 is 6.74. The van der Waals surface area contributed by atoms with Crippen LogP contribution >= 0.6 is 47.9 Å². The molecule has 1 unspecified atom stereocenters. The molecule has 1 aromatic heterocycles. The molecule has 2 aliphatic rings. The second kappa shape index (κ2) is 11.7. The van der Waals surface area contributed by atoms with Crippen LogP contribution in [0.3, 0.4) is 0 Å². The lowest BCUT2D eigenvalue weighted by atomic mass is 10.1. The lowest BCUT2D eigenvalue weighted by molar-refractivity contribution is 0.100. The standard InChI is InChI=1S/C22H29N3OS2.2ClH/c1-4-7-17-14-18-21(25-12-11-24(2)16(15-25)10-13-26-3)23-19-8-5-6-9-20(19)28-22(18)27-17;;/h5-6,8-9,14,16H,4,7,10-13,15H2,1-3H3;2*1H. The molecule has 0 spiro atoms. The van der Waals surface area contributed by atoms with Crippen molar-refractivity contribution in [3.8, 4) is 0 Å². The number of amidine groups is 1. The lowest BCUT2D eigenvalue weighted by Gasteiger charge is -2.41. The summed E-state index contributed by atoms with van der Waals surface area (Å²) in [5.41, 5.74) is 2.42. The smallest absolute Gasteiger partial charge is 0.138 e.